The third kappa shape index (κ3) is 8.25. The van der Waals surface area contributed by atoms with E-state index in [0.717, 1.165) is 49.0 Å². The summed E-state index contributed by atoms with van der Waals surface area (Å²) in [5, 5.41) is 5.10. The van der Waals surface area contributed by atoms with Crippen LogP contribution in [0.2, 0.25) is 26.7 Å². The molecule has 3 heterocycles. The van der Waals surface area contributed by atoms with Crippen LogP contribution in [0.3, 0.4) is 0 Å². The Morgan fingerprint density at radius 3 is 1.86 bits per heavy atom. The highest BCUT2D eigenvalue weighted by Crippen LogP contribution is 2.44. The first-order valence-corrected chi connectivity index (χ1v) is 21.1. The Morgan fingerprint density at radius 2 is 1.36 bits per heavy atom. The lowest BCUT2D eigenvalue weighted by molar-refractivity contribution is -0.183. The number of likely N-dealkylation sites (tertiary alicyclic amines) is 1. The van der Waals surface area contributed by atoms with Crippen molar-refractivity contribution in [3.63, 3.8) is 0 Å². The predicted molar refractivity (Wildman–Crippen MR) is 197 cm³/mol. The summed E-state index contributed by atoms with van der Waals surface area (Å²) in [5.74, 6) is -1.73. The predicted octanol–water partition coefficient (Wildman–Crippen LogP) is 10.0. The van der Waals surface area contributed by atoms with Crippen LogP contribution in [0.4, 0.5) is 13.2 Å². The normalized spacial score (nSPS) is 20.6. The Balaban J connectivity index is 1.17. The fourth-order valence-corrected chi connectivity index (χ4v) is 15.0. The SMILES string of the molecule is CC(C)[Si](OC1CCN(N2CCC(Cc3c(Cl)cc(-c4ccc(C(=O)N5CCC(C(F)(F)F)CC5)cc4)cc3Cl)C2=O)CC1)(C(C)C)C(C)C. The lowest BCUT2D eigenvalue weighted by Crippen LogP contribution is -2.54. The largest absolute Gasteiger partial charge is 0.413 e. The van der Waals surface area contributed by atoms with E-state index in [1.165, 1.54) is 4.90 Å². The molecule has 2 aromatic carbocycles. The lowest BCUT2D eigenvalue weighted by Gasteiger charge is -2.47. The molecule has 12 heteroatoms. The van der Waals surface area contributed by atoms with Gasteiger partial charge in [-0.2, -0.15) is 13.2 Å². The molecule has 0 aliphatic carbocycles. The molecule has 2 aromatic rings. The van der Waals surface area contributed by atoms with Crippen molar-refractivity contribution in [3.8, 4) is 11.1 Å². The third-order valence-corrected chi connectivity index (χ3v) is 18.3. The molecule has 3 fully saturated rings. The number of carbonyl (C=O) groups is 2. The number of halogens is 5. The van der Waals surface area contributed by atoms with Crippen LogP contribution < -0.4 is 0 Å². The molecule has 0 saturated carbocycles. The van der Waals surface area contributed by atoms with E-state index in [9.17, 15) is 22.8 Å². The van der Waals surface area contributed by atoms with Gasteiger partial charge in [0.1, 0.15) is 0 Å². The van der Waals surface area contributed by atoms with E-state index in [1.807, 2.05) is 17.1 Å². The van der Waals surface area contributed by atoms with Gasteiger partial charge in [-0.3, -0.25) is 14.6 Å². The van der Waals surface area contributed by atoms with Crippen LogP contribution in [0, 0.1) is 11.8 Å². The van der Waals surface area contributed by atoms with Crippen molar-refractivity contribution in [2.75, 3.05) is 32.7 Å². The average molecular weight is 755 g/mol. The molecule has 276 valence electrons. The third-order valence-electron chi connectivity index (χ3n) is 11.4. The first-order chi connectivity index (χ1) is 23.5. The number of hydrogen-bond acceptors (Lipinski definition) is 4. The number of amides is 2. The van der Waals surface area contributed by atoms with Crippen LogP contribution >= 0.6 is 23.2 Å². The van der Waals surface area contributed by atoms with Crippen molar-refractivity contribution < 1.29 is 27.2 Å². The first kappa shape index (κ1) is 39.1. The van der Waals surface area contributed by atoms with Crippen LogP contribution in [0.5, 0.6) is 0 Å². The van der Waals surface area contributed by atoms with Crippen molar-refractivity contribution in [2.45, 2.75) is 109 Å². The Morgan fingerprint density at radius 1 is 0.820 bits per heavy atom. The van der Waals surface area contributed by atoms with Gasteiger partial charge in [-0.05, 0) is 96.1 Å². The van der Waals surface area contributed by atoms with Gasteiger partial charge in [0.2, 0.25) is 14.2 Å². The smallest absolute Gasteiger partial charge is 0.391 e. The number of benzene rings is 2. The van der Waals surface area contributed by atoms with Gasteiger partial charge in [0.15, 0.2) is 0 Å². The molecule has 0 spiro atoms. The van der Waals surface area contributed by atoms with Crippen molar-refractivity contribution in [3.05, 3.63) is 57.6 Å². The molecule has 0 bridgehead atoms. The summed E-state index contributed by atoms with van der Waals surface area (Å²) in [7, 11) is -1.96. The zero-order chi connectivity index (χ0) is 36.5. The molecule has 2 amide bonds. The fourth-order valence-electron chi connectivity index (χ4n) is 8.70. The van der Waals surface area contributed by atoms with Crippen molar-refractivity contribution >= 4 is 43.3 Å². The van der Waals surface area contributed by atoms with E-state index in [2.05, 4.69) is 46.6 Å². The maximum atomic E-state index is 13.7. The van der Waals surface area contributed by atoms with Crippen LogP contribution in [0.25, 0.3) is 11.1 Å². The molecular weight excluding hydrogens is 702 g/mol. The fraction of sp³-hybridized carbons (Fsp3) is 0.632. The number of rotatable bonds is 10. The van der Waals surface area contributed by atoms with Gasteiger partial charge >= 0.3 is 6.18 Å². The summed E-state index contributed by atoms with van der Waals surface area (Å²) in [6.07, 6.45) is -1.11. The molecule has 3 aliphatic heterocycles. The van der Waals surface area contributed by atoms with E-state index in [4.69, 9.17) is 27.6 Å². The number of carbonyl (C=O) groups excluding carboxylic acids is 2. The van der Waals surface area contributed by atoms with E-state index >= 15 is 0 Å². The second-order valence-electron chi connectivity index (χ2n) is 15.3. The van der Waals surface area contributed by atoms with Crippen molar-refractivity contribution in [1.82, 2.24) is 14.9 Å². The average Bonchev–Trinajstić information content (AvgIpc) is 3.43. The van der Waals surface area contributed by atoms with Gasteiger partial charge < -0.3 is 9.33 Å². The van der Waals surface area contributed by atoms with Crippen LogP contribution in [-0.4, -0.2) is 80.1 Å². The van der Waals surface area contributed by atoms with E-state index in [0.29, 0.717) is 45.2 Å². The molecular formula is C38H52Cl2F3N3O3Si. The quantitative estimate of drug-likeness (QED) is 0.227. The minimum atomic E-state index is -4.22. The van der Waals surface area contributed by atoms with Crippen molar-refractivity contribution in [1.29, 1.82) is 0 Å². The van der Waals surface area contributed by atoms with Gasteiger partial charge in [0.05, 0.1) is 5.92 Å². The first-order valence-electron chi connectivity index (χ1n) is 18.2. The summed E-state index contributed by atoms with van der Waals surface area (Å²) in [6.45, 7) is 16.4. The number of hydrazine groups is 1. The molecule has 3 aliphatic rings. The topological polar surface area (TPSA) is 53.1 Å². The minimum absolute atomic E-state index is 0.0767. The summed E-state index contributed by atoms with van der Waals surface area (Å²) in [4.78, 5) is 28.1. The monoisotopic (exact) mass is 753 g/mol. The number of alkyl halides is 3. The molecule has 50 heavy (non-hydrogen) atoms. The van der Waals surface area contributed by atoms with Crippen LogP contribution in [0.1, 0.15) is 89.6 Å². The maximum absolute atomic E-state index is 13.7. The Hall–Kier alpha value is -2.11. The van der Waals surface area contributed by atoms with Gasteiger partial charge in [0, 0.05) is 60.4 Å². The Bertz CT molecular complexity index is 1460. The van der Waals surface area contributed by atoms with E-state index in [-0.39, 0.29) is 49.8 Å². The summed E-state index contributed by atoms with van der Waals surface area (Å²) in [6, 6.07) is 10.6. The highest BCUT2D eigenvalue weighted by Gasteiger charge is 2.47. The minimum Gasteiger partial charge on any atom is -0.413 e. The number of hydrogen-bond donors (Lipinski definition) is 0. The molecule has 6 nitrogen and oxygen atoms in total. The molecule has 3 saturated heterocycles. The molecule has 1 unspecified atom stereocenters. The highest BCUT2D eigenvalue weighted by molar-refractivity contribution is 6.77. The second kappa shape index (κ2) is 15.9. The van der Waals surface area contributed by atoms with E-state index in [1.54, 1.807) is 24.3 Å². The van der Waals surface area contributed by atoms with Crippen LogP contribution in [0.15, 0.2) is 36.4 Å². The van der Waals surface area contributed by atoms with Crippen LogP contribution in [-0.2, 0) is 15.6 Å². The molecule has 0 aromatic heterocycles. The molecule has 0 N–H and O–H groups in total. The number of nitrogens with zero attached hydrogens (tertiary/aromatic N) is 3. The van der Waals surface area contributed by atoms with Crippen molar-refractivity contribution in [2.24, 2.45) is 11.8 Å². The Labute approximate surface area is 306 Å². The second-order valence-corrected chi connectivity index (χ2v) is 21.6. The Kier molecular flexibility index (Phi) is 12.4. The highest BCUT2D eigenvalue weighted by atomic mass is 35.5. The standard InChI is InChI=1S/C38H52Cl2F3N3O3Si/c1-24(2)50(25(3)4,26(5)6)49-32-14-18-45(19-15-32)46-20-11-29(37(46)48)21-33-34(39)22-30(23-35(33)40)27-7-9-28(10-8-27)36(47)44-16-12-31(13-17-44)38(41,42)43/h7-10,22-26,29,31-32H,11-21H2,1-6H3. The molecule has 5 rings (SSSR count). The molecule has 0 radical (unpaired) electrons. The zero-order valence-electron chi connectivity index (χ0n) is 30.2. The summed E-state index contributed by atoms with van der Waals surface area (Å²) >= 11 is 13.6. The van der Waals surface area contributed by atoms with Gasteiger partial charge in [-0.1, -0.05) is 76.9 Å². The molecule has 1 atom stereocenters. The zero-order valence-corrected chi connectivity index (χ0v) is 32.7. The lowest BCUT2D eigenvalue weighted by atomic mass is 9.95. The van der Waals surface area contributed by atoms with Gasteiger partial charge in [0.25, 0.3) is 5.91 Å². The number of piperidine rings is 2. The van der Waals surface area contributed by atoms with Gasteiger partial charge in [-0.15, -0.1) is 0 Å². The summed E-state index contributed by atoms with van der Waals surface area (Å²) < 4.78 is 46.2. The van der Waals surface area contributed by atoms with Gasteiger partial charge in [-0.25, -0.2) is 5.01 Å². The summed E-state index contributed by atoms with van der Waals surface area (Å²) in [5.41, 5.74) is 4.37. The van der Waals surface area contributed by atoms with E-state index < -0.39 is 20.4 Å². The maximum Gasteiger partial charge on any atom is 0.391 e.